The molecule has 0 aliphatic rings. The summed E-state index contributed by atoms with van der Waals surface area (Å²) in [4.78, 5) is 25.9. The summed E-state index contributed by atoms with van der Waals surface area (Å²) in [5.74, 6) is 0.711. The van der Waals surface area contributed by atoms with E-state index in [1.807, 2.05) is 62.6 Å². The Morgan fingerprint density at radius 3 is 2.54 bits per heavy atom. The monoisotopic (exact) mass is 375 g/mol. The highest BCUT2D eigenvalue weighted by Gasteiger charge is 2.18. The van der Waals surface area contributed by atoms with Crippen LogP contribution in [0.5, 0.6) is 0 Å². The first-order chi connectivity index (χ1) is 12.4. The number of hydrogen-bond acceptors (Lipinski definition) is 5. The van der Waals surface area contributed by atoms with Gasteiger partial charge in [0.05, 0.1) is 12.3 Å². The van der Waals surface area contributed by atoms with Crippen molar-refractivity contribution in [3.8, 4) is 5.69 Å². The molecule has 1 heterocycles. The largest absolute Gasteiger partial charge is 0.352 e. The molecule has 26 heavy (non-hydrogen) atoms. The summed E-state index contributed by atoms with van der Waals surface area (Å²) >= 11 is 1.32. The highest BCUT2D eigenvalue weighted by molar-refractivity contribution is 7.99. The molecule has 1 aromatic carbocycles. The molecule has 1 aromatic heterocycles. The Morgan fingerprint density at radius 1 is 1.23 bits per heavy atom. The van der Waals surface area contributed by atoms with Gasteiger partial charge in [0.15, 0.2) is 5.16 Å². The molecule has 0 aliphatic carbocycles. The van der Waals surface area contributed by atoms with E-state index in [1.165, 1.54) is 11.8 Å². The Morgan fingerprint density at radius 2 is 1.92 bits per heavy atom. The maximum atomic E-state index is 12.5. The van der Waals surface area contributed by atoms with Gasteiger partial charge in [0.25, 0.3) is 0 Å². The molecular weight excluding hydrogens is 350 g/mol. The van der Waals surface area contributed by atoms with E-state index in [-0.39, 0.29) is 30.2 Å². The zero-order chi connectivity index (χ0) is 19.1. The highest BCUT2D eigenvalue weighted by atomic mass is 32.2. The van der Waals surface area contributed by atoms with Gasteiger partial charge < -0.3 is 10.2 Å². The van der Waals surface area contributed by atoms with E-state index in [1.54, 1.807) is 4.90 Å². The molecule has 0 fully saturated rings. The Kier molecular flexibility index (Phi) is 7.20. The minimum atomic E-state index is -0.150. The summed E-state index contributed by atoms with van der Waals surface area (Å²) in [7, 11) is 0. The highest BCUT2D eigenvalue weighted by Crippen LogP contribution is 2.21. The summed E-state index contributed by atoms with van der Waals surface area (Å²) < 4.78 is 1.92. The molecule has 0 radical (unpaired) electrons. The second-order valence-corrected chi connectivity index (χ2v) is 7.06. The normalized spacial score (nSPS) is 10.8. The van der Waals surface area contributed by atoms with Gasteiger partial charge in [0.2, 0.25) is 11.8 Å². The third-order valence-electron chi connectivity index (χ3n) is 3.65. The fourth-order valence-corrected chi connectivity index (χ4v) is 3.35. The molecule has 140 valence electrons. The van der Waals surface area contributed by atoms with Gasteiger partial charge in [0.1, 0.15) is 5.82 Å². The number of benzene rings is 1. The first-order valence-electron chi connectivity index (χ1n) is 8.59. The molecule has 8 heteroatoms. The predicted octanol–water partition coefficient (Wildman–Crippen LogP) is 2.04. The van der Waals surface area contributed by atoms with Crippen molar-refractivity contribution < 1.29 is 9.59 Å². The molecule has 2 aromatic rings. The van der Waals surface area contributed by atoms with Gasteiger partial charge in [-0.15, -0.1) is 10.2 Å². The van der Waals surface area contributed by atoms with Crippen LogP contribution in [0.3, 0.4) is 0 Å². The van der Waals surface area contributed by atoms with E-state index in [4.69, 9.17) is 0 Å². The fourth-order valence-electron chi connectivity index (χ4n) is 2.45. The van der Waals surface area contributed by atoms with Crippen molar-refractivity contribution in [3.05, 3.63) is 36.2 Å². The molecule has 0 atom stereocenters. The number of aryl methyl sites for hydroxylation is 1. The Balaban J connectivity index is 2.02. The molecule has 0 bridgehead atoms. The number of rotatable bonds is 8. The number of carbonyl (C=O) groups excluding carboxylic acids is 2. The van der Waals surface area contributed by atoms with Crippen LogP contribution in [0.4, 0.5) is 0 Å². The molecule has 7 nitrogen and oxygen atoms in total. The van der Waals surface area contributed by atoms with Crippen LogP contribution in [0.2, 0.25) is 0 Å². The van der Waals surface area contributed by atoms with Crippen LogP contribution in [-0.4, -0.2) is 56.4 Å². The lowest BCUT2D eigenvalue weighted by molar-refractivity contribution is -0.134. The molecule has 0 aliphatic heterocycles. The summed E-state index contributed by atoms with van der Waals surface area (Å²) in [6, 6.07) is 9.83. The number of hydrogen-bond donors (Lipinski definition) is 1. The van der Waals surface area contributed by atoms with Crippen molar-refractivity contribution in [3.63, 3.8) is 0 Å². The summed E-state index contributed by atoms with van der Waals surface area (Å²) in [6.45, 7) is 8.07. The maximum absolute atomic E-state index is 12.5. The average molecular weight is 375 g/mol. The lowest BCUT2D eigenvalue weighted by Gasteiger charge is -2.21. The number of para-hydroxylation sites is 1. The van der Waals surface area contributed by atoms with E-state index >= 15 is 0 Å². The molecule has 1 N–H and O–H groups in total. The van der Waals surface area contributed by atoms with Crippen molar-refractivity contribution >= 4 is 23.6 Å². The SMILES string of the molecule is CCN(CC(=O)NC(C)C)C(=O)CSc1nnc(C)n1-c1ccccc1. The third kappa shape index (κ3) is 5.32. The van der Waals surface area contributed by atoms with Crippen LogP contribution in [0.25, 0.3) is 5.69 Å². The summed E-state index contributed by atoms with van der Waals surface area (Å²) in [5.41, 5.74) is 0.952. The lowest BCUT2D eigenvalue weighted by atomic mass is 10.3. The summed E-state index contributed by atoms with van der Waals surface area (Å²) in [6.07, 6.45) is 0. The molecular formula is C18H25N5O2S. The number of likely N-dealkylation sites (N-methyl/N-ethyl adjacent to an activating group) is 1. The lowest BCUT2D eigenvalue weighted by Crippen LogP contribution is -2.43. The van der Waals surface area contributed by atoms with Crippen molar-refractivity contribution in [2.45, 2.75) is 38.9 Å². The average Bonchev–Trinajstić information content (AvgIpc) is 2.98. The Labute approximate surface area is 158 Å². The quantitative estimate of drug-likeness (QED) is 0.714. The van der Waals surface area contributed by atoms with Crippen LogP contribution in [0.15, 0.2) is 35.5 Å². The zero-order valence-electron chi connectivity index (χ0n) is 15.6. The second kappa shape index (κ2) is 9.38. The second-order valence-electron chi connectivity index (χ2n) is 6.12. The minimum absolute atomic E-state index is 0.0538. The Hall–Kier alpha value is -2.35. The molecule has 0 saturated heterocycles. The van der Waals surface area contributed by atoms with E-state index in [2.05, 4.69) is 15.5 Å². The summed E-state index contributed by atoms with van der Waals surface area (Å²) in [5, 5.41) is 11.8. The number of aromatic nitrogens is 3. The van der Waals surface area contributed by atoms with Gasteiger partial charge in [-0.1, -0.05) is 30.0 Å². The van der Waals surface area contributed by atoms with Gasteiger partial charge in [-0.25, -0.2) is 0 Å². The number of nitrogens with zero attached hydrogens (tertiary/aromatic N) is 4. The predicted molar refractivity (Wildman–Crippen MR) is 102 cm³/mol. The van der Waals surface area contributed by atoms with E-state index < -0.39 is 0 Å². The molecule has 2 rings (SSSR count). The third-order valence-corrected chi connectivity index (χ3v) is 4.57. The smallest absolute Gasteiger partial charge is 0.239 e. The van der Waals surface area contributed by atoms with E-state index in [9.17, 15) is 9.59 Å². The number of nitrogens with one attached hydrogen (secondary N) is 1. The molecule has 0 saturated carbocycles. The zero-order valence-corrected chi connectivity index (χ0v) is 16.4. The van der Waals surface area contributed by atoms with Crippen molar-refractivity contribution in [1.29, 1.82) is 0 Å². The maximum Gasteiger partial charge on any atom is 0.239 e. The molecule has 2 amide bonds. The van der Waals surface area contributed by atoms with Crippen molar-refractivity contribution in [1.82, 2.24) is 25.0 Å². The minimum Gasteiger partial charge on any atom is -0.352 e. The first-order valence-corrected chi connectivity index (χ1v) is 9.58. The number of carbonyl (C=O) groups is 2. The first kappa shape index (κ1) is 20.0. The topological polar surface area (TPSA) is 80.1 Å². The van der Waals surface area contributed by atoms with Crippen LogP contribution < -0.4 is 5.32 Å². The van der Waals surface area contributed by atoms with Gasteiger partial charge in [-0.05, 0) is 39.8 Å². The molecule has 0 spiro atoms. The van der Waals surface area contributed by atoms with Gasteiger partial charge in [-0.2, -0.15) is 0 Å². The van der Waals surface area contributed by atoms with E-state index in [0.717, 1.165) is 11.5 Å². The number of amides is 2. The van der Waals surface area contributed by atoms with Crippen LogP contribution >= 0.6 is 11.8 Å². The van der Waals surface area contributed by atoms with Crippen LogP contribution in [0, 0.1) is 6.92 Å². The van der Waals surface area contributed by atoms with Crippen LogP contribution in [0.1, 0.15) is 26.6 Å². The van der Waals surface area contributed by atoms with Gasteiger partial charge in [-0.3, -0.25) is 14.2 Å². The molecule has 0 unspecified atom stereocenters. The standard InChI is InChI=1S/C18H25N5O2S/c1-5-22(11-16(24)19-13(2)3)17(25)12-26-18-21-20-14(4)23(18)15-9-7-6-8-10-15/h6-10,13H,5,11-12H2,1-4H3,(H,19,24). The van der Waals surface area contributed by atoms with Crippen molar-refractivity contribution in [2.24, 2.45) is 0 Å². The van der Waals surface area contributed by atoms with E-state index in [0.29, 0.717) is 11.7 Å². The number of thioether (sulfide) groups is 1. The van der Waals surface area contributed by atoms with Crippen molar-refractivity contribution in [2.75, 3.05) is 18.8 Å². The fraction of sp³-hybridized carbons (Fsp3) is 0.444. The van der Waals surface area contributed by atoms with Gasteiger partial charge >= 0.3 is 0 Å². The Bertz CT molecular complexity index is 745. The van der Waals surface area contributed by atoms with Gasteiger partial charge in [0, 0.05) is 18.3 Å². The van der Waals surface area contributed by atoms with Crippen LogP contribution in [-0.2, 0) is 9.59 Å².